The minimum atomic E-state index is -3.71. The number of anilines is 2. The maximum absolute atomic E-state index is 12.3. The first kappa shape index (κ1) is 23.1. The van der Waals surface area contributed by atoms with Crippen LogP contribution in [0.15, 0.2) is 9.59 Å². The van der Waals surface area contributed by atoms with Crippen LogP contribution in [0.4, 0.5) is 11.4 Å². The molecule has 3 rings (SSSR count). The third-order valence-electron chi connectivity index (χ3n) is 5.68. The van der Waals surface area contributed by atoms with Gasteiger partial charge in [0.05, 0.1) is 0 Å². The van der Waals surface area contributed by atoms with E-state index in [-0.39, 0.29) is 18.0 Å². The molecule has 1 unspecified atom stereocenters. The molecule has 1 fully saturated rings. The number of nitrogens with zero attached hydrogens (tertiary/aromatic N) is 1. The van der Waals surface area contributed by atoms with Crippen molar-refractivity contribution in [1.82, 2.24) is 0 Å². The zero-order valence-electron chi connectivity index (χ0n) is 17.6. The van der Waals surface area contributed by atoms with Crippen molar-refractivity contribution in [3.63, 3.8) is 0 Å². The van der Waals surface area contributed by atoms with E-state index in [9.17, 15) is 19.3 Å². The van der Waals surface area contributed by atoms with Crippen LogP contribution in [0.5, 0.6) is 0 Å². The first-order valence-corrected chi connectivity index (χ1v) is 12.7. The fourth-order valence-electron chi connectivity index (χ4n) is 4.15. The average Bonchev–Trinajstić information content (AvgIpc) is 2.92. The Morgan fingerprint density at radius 1 is 1.27 bits per heavy atom. The van der Waals surface area contributed by atoms with Gasteiger partial charge in [-0.05, 0) is 0 Å². The average molecular weight is 443 g/mol. The Labute approximate surface area is 177 Å². The Kier molecular flexibility index (Phi) is 7.85. The second kappa shape index (κ2) is 10.2. The molecule has 10 heteroatoms. The van der Waals surface area contributed by atoms with Crippen molar-refractivity contribution in [3.05, 3.63) is 27.1 Å². The van der Waals surface area contributed by atoms with Crippen LogP contribution in [0.1, 0.15) is 52.4 Å². The van der Waals surface area contributed by atoms with Crippen LogP contribution >= 0.6 is 7.94 Å². The Balaban J connectivity index is 1.58. The summed E-state index contributed by atoms with van der Waals surface area (Å²) in [6, 6.07) is 0. The quantitative estimate of drug-likeness (QED) is 0.256. The summed E-state index contributed by atoms with van der Waals surface area (Å²) in [6.07, 6.45) is 4.76. The van der Waals surface area contributed by atoms with Gasteiger partial charge in [-0.2, -0.15) is 0 Å². The molecule has 1 atom stereocenters. The summed E-state index contributed by atoms with van der Waals surface area (Å²) in [5.74, 6) is -0.415. The summed E-state index contributed by atoms with van der Waals surface area (Å²) >= 11 is 0. The Morgan fingerprint density at radius 2 is 2.00 bits per heavy atom. The topological polar surface area (TPSA) is 114 Å². The predicted octanol–water partition coefficient (Wildman–Crippen LogP) is 2.08. The molecule has 1 aromatic rings. The number of carbonyl (C=O) groups excluding carboxylic acids is 1. The Morgan fingerprint density at radius 3 is 2.70 bits per heavy atom. The monoisotopic (exact) mass is 443 g/mol. The minimum absolute atomic E-state index is 0.115. The molecular weight excluding hydrogens is 411 g/mol. The van der Waals surface area contributed by atoms with Crippen LogP contribution in [0.3, 0.4) is 0 Å². The molecule has 30 heavy (non-hydrogen) atoms. The normalized spacial score (nSPS) is 19.6. The molecule has 0 saturated heterocycles. The van der Waals surface area contributed by atoms with E-state index >= 15 is 0 Å². The van der Waals surface area contributed by atoms with Crippen LogP contribution in [0.2, 0.25) is 0 Å². The number of hydrogen-bond donors (Lipinski definition) is 2. The predicted molar refractivity (Wildman–Crippen MR) is 116 cm³/mol. The van der Waals surface area contributed by atoms with E-state index in [2.05, 4.69) is 5.32 Å². The van der Waals surface area contributed by atoms with Gasteiger partial charge in [0.25, 0.3) is 0 Å². The number of carbonyl (C=O) groups is 1. The molecule has 1 aliphatic heterocycles. The summed E-state index contributed by atoms with van der Waals surface area (Å²) < 4.78 is 16.5. The van der Waals surface area contributed by atoms with Gasteiger partial charge >= 0.3 is 176 Å². The fourth-order valence-corrected chi connectivity index (χ4v) is 5.93. The number of hydrogen-bond acceptors (Lipinski definition) is 9. The number of fused-ring (bicyclic) bond motifs is 1. The van der Waals surface area contributed by atoms with Crippen LogP contribution in [0.25, 0.3) is 0 Å². The molecule has 1 radical (unpaired) electrons. The number of ether oxygens (including phenoxy) is 1. The van der Waals surface area contributed by atoms with Gasteiger partial charge in [-0.1, -0.05) is 0 Å². The SMILES string of the molecule is C[CH]O[PH](O)(CCN1CCCNc2c1c(=O)c2=O)OC(C)OC(=O)C1CCCCC1. The molecule has 0 amide bonds. The molecule has 169 valence electrons. The van der Waals surface area contributed by atoms with Crippen molar-refractivity contribution in [2.75, 3.05) is 36.0 Å². The van der Waals surface area contributed by atoms with Crippen LogP contribution < -0.4 is 21.1 Å². The molecule has 1 aromatic carbocycles. The van der Waals surface area contributed by atoms with Crippen LogP contribution in [-0.4, -0.2) is 42.9 Å². The van der Waals surface area contributed by atoms with Crippen molar-refractivity contribution in [3.8, 4) is 0 Å². The molecule has 2 aliphatic rings. The summed E-state index contributed by atoms with van der Waals surface area (Å²) in [7, 11) is -3.71. The summed E-state index contributed by atoms with van der Waals surface area (Å²) in [5.41, 5.74) is -0.294. The van der Waals surface area contributed by atoms with Gasteiger partial charge in [0, 0.05) is 0 Å². The zero-order chi connectivity index (χ0) is 21.7. The van der Waals surface area contributed by atoms with E-state index in [1.165, 1.54) is 6.61 Å². The van der Waals surface area contributed by atoms with Gasteiger partial charge in [0.2, 0.25) is 0 Å². The number of nitrogens with one attached hydrogen (secondary N) is 1. The second-order valence-electron chi connectivity index (χ2n) is 7.92. The van der Waals surface area contributed by atoms with Crippen molar-refractivity contribution in [2.45, 2.75) is 58.7 Å². The maximum atomic E-state index is 12.3. The molecule has 2 N–H and O–H groups in total. The van der Waals surface area contributed by atoms with Crippen molar-refractivity contribution in [1.29, 1.82) is 0 Å². The van der Waals surface area contributed by atoms with E-state index < -0.39 is 25.1 Å². The zero-order valence-corrected chi connectivity index (χ0v) is 18.6. The molecule has 0 spiro atoms. The Bertz CT molecular complexity index is 804. The molecule has 1 aliphatic carbocycles. The fraction of sp³-hybridized carbons (Fsp3) is 0.700. The van der Waals surface area contributed by atoms with Gasteiger partial charge in [-0.25, -0.2) is 0 Å². The van der Waals surface area contributed by atoms with Crippen LogP contribution in [0, 0.1) is 12.5 Å². The van der Waals surface area contributed by atoms with E-state index in [1.54, 1.807) is 18.7 Å². The number of esters is 1. The molecule has 9 nitrogen and oxygen atoms in total. The third kappa shape index (κ3) is 5.38. The second-order valence-corrected chi connectivity index (χ2v) is 10.3. The van der Waals surface area contributed by atoms with Crippen molar-refractivity contribution < 1.29 is 23.5 Å². The molecule has 1 heterocycles. The van der Waals surface area contributed by atoms with Gasteiger partial charge in [-0.3, -0.25) is 0 Å². The summed E-state index contributed by atoms with van der Waals surface area (Å²) in [6.45, 7) is 6.04. The van der Waals surface area contributed by atoms with Gasteiger partial charge in [0.15, 0.2) is 0 Å². The van der Waals surface area contributed by atoms with Crippen molar-refractivity contribution in [2.24, 2.45) is 5.92 Å². The molecule has 1 saturated carbocycles. The summed E-state index contributed by atoms with van der Waals surface area (Å²) in [5, 5.41) is 2.99. The first-order valence-electron chi connectivity index (χ1n) is 10.7. The molecule has 0 bridgehead atoms. The van der Waals surface area contributed by atoms with Crippen molar-refractivity contribution >= 4 is 25.3 Å². The van der Waals surface area contributed by atoms with E-state index in [4.69, 9.17) is 13.8 Å². The third-order valence-corrected chi connectivity index (χ3v) is 7.84. The standard InChI is InChI=1S/C20H32N2O7P/c1-3-27-30(26,29-14(2)28-20(25)15-8-5-4-6-9-15)13-12-22-11-7-10-21-16-17(22)19(24)18(16)23/h3,14-15,21,26,30H,4-13H2,1-2H3. The molecular formula is C20H32N2O7P. The van der Waals surface area contributed by atoms with E-state index in [0.29, 0.717) is 31.0 Å². The number of rotatable bonds is 9. The molecule has 0 aromatic heterocycles. The Hall–Kier alpha value is -1.54. The van der Waals surface area contributed by atoms with Gasteiger partial charge in [-0.15, -0.1) is 0 Å². The van der Waals surface area contributed by atoms with Crippen LogP contribution in [-0.2, 0) is 18.6 Å². The van der Waals surface area contributed by atoms with Gasteiger partial charge < -0.3 is 0 Å². The first-order chi connectivity index (χ1) is 14.3. The van der Waals surface area contributed by atoms with E-state index in [1.807, 2.05) is 0 Å². The summed E-state index contributed by atoms with van der Waals surface area (Å²) in [4.78, 5) is 48.8. The van der Waals surface area contributed by atoms with Gasteiger partial charge in [0.1, 0.15) is 0 Å². The van der Waals surface area contributed by atoms with E-state index in [0.717, 1.165) is 38.5 Å².